The number of carbonyl (C=O) groups is 2. The van der Waals surface area contributed by atoms with Gasteiger partial charge in [-0.15, -0.1) is 0 Å². The van der Waals surface area contributed by atoms with E-state index in [0.29, 0.717) is 18.9 Å². The van der Waals surface area contributed by atoms with E-state index in [4.69, 9.17) is 0 Å². The molecule has 5 heteroatoms. The van der Waals surface area contributed by atoms with E-state index in [1.807, 2.05) is 0 Å². The Labute approximate surface area is 151 Å². The highest BCUT2D eigenvalue weighted by Gasteiger charge is 2.34. The Kier molecular flexibility index (Phi) is 3.35. The monoisotopic (exact) mass is 343 g/mol. The van der Waals surface area contributed by atoms with E-state index in [-0.39, 0.29) is 0 Å². The van der Waals surface area contributed by atoms with Crippen LogP contribution in [0.4, 0.5) is 9.59 Å². The lowest BCUT2D eigenvalue weighted by molar-refractivity contribution is 0.205. The van der Waals surface area contributed by atoms with Gasteiger partial charge in [-0.1, -0.05) is 58.8 Å². The van der Waals surface area contributed by atoms with Crippen molar-refractivity contribution in [3.63, 3.8) is 0 Å². The van der Waals surface area contributed by atoms with Crippen LogP contribution in [0, 0.1) is 5.92 Å². The number of imide groups is 1. The topological polar surface area (TPSA) is 62.1 Å². The van der Waals surface area contributed by atoms with Gasteiger partial charge in [-0.2, -0.15) is 0 Å². The Balaban J connectivity index is 1.42. The molecule has 4 aliphatic carbocycles. The lowest BCUT2D eigenvalue weighted by Gasteiger charge is -2.37. The first-order valence-corrected chi connectivity index (χ1v) is 8.90. The van der Waals surface area contributed by atoms with Gasteiger partial charge in [0, 0.05) is 12.5 Å². The van der Waals surface area contributed by atoms with Crippen LogP contribution < -0.4 is 0 Å². The van der Waals surface area contributed by atoms with E-state index >= 15 is 0 Å². The smallest absolute Gasteiger partial charge is 0.244 e. The first kappa shape index (κ1) is 15.2. The summed E-state index contributed by atoms with van der Waals surface area (Å²) in [6, 6.07) is -1.11. The van der Waals surface area contributed by atoms with Crippen LogP contribution in [0.15, 0.2) is 92.3 Å². The van der Waals surface area contributed by atoms with Crippen LogP contribution in [0.3, 0.4) is 0 Å². The molecule has 1 heterocycles. The number of rotatable bonds is 4. The third kappa shape index (κ3) is 2.24. The molecule has 0 saturated carbocycles. The molecule has 5 rings (SSSR count). The van der Waals surface area contributed by atoms with Crippen molar-refractivity contribution in [2.75, 3.05) is 6.54 Å². The molecule has 26 heavy (non-hydrogen) atoms. The standard InChI is InChI=1S/C21H17N3O2/c25-20-22-23-21(26)24(20)11-3-7-15-12-16-6-1-4-13-9-10-14-5-2-8-17(15)19(14)18(13)16/h1-2,4,6,8-10,12,18H,3,5,7,11H2. The normalized spacial score (nSPS) is 25.2. The van der Waals surface area contributed by atoms with Crippen LogP contribution in [-0.2, 0) is 0 Å². The molecule has 0 spiro atoms. The molecule has 0 fully saturated rings. The van der Waals surface area contributed by atoms with Crippen molar-refractivity contribution in [3.05, 3.63) is 82.0 Å². The minimum Gasteiger partial charge on any atom is -0.244 e. The first-order valence-electron chi connectivity index (χ1n) is 8.90. The van der Waals surface area contributed by atoms with E-state index in [9.17, 15) is 9.59 Å². The molecule has 128 valence electrons. The van der Waals surface area contributed by atoms with E-state index < -0.39 is 12.1 Å². The van der Waals surface area contributed by atoms with Gasteiger partial charge in [0.1, 0.15) is 0 Å². The van der Waals surface area contributed by atoms with Gasteiger partial charge in [-0.3, -0.25) is 0 Å². The van der Waals surface area contributed by atoms with Gasteiger partial charge in [0.25, 0.3) is 0 Å². The van der Waals surface area contributed by atoms with Gasteiger partial charge >= 0.3 is 12.1 Å². The second-order valence-electron chi connectivity index (χ2n) is 6.94. The van der Waals surface area contributed by atoms with Crippen molar-refractivity contribution in [2.24, 2.45) is 16.1 Å². The quantitative estimate of drug-likeness (QED) is 0.725. The molecule has 0 aromatic carbocycles. The summed E-state index contributed by atoms with van der Waals surface area (Å²) in [7, 11) is 0. The predicted molar refractivity (Wildman–Crippen MR) is 97.3 cm³/mol. The molecular formula is C21H17N3O2. The molecular weight excluding hydrogens is 326 g/mol. The summed E-state index contributed by atoms with van der Waals surface area (Å²) in [6.07, 6.45) is 20.2. The van der Waals surface area contributed by atoms with Crippen molar-refractivity contribution in [1.29, 1.82) is 0 Å². The number of hydrogen-bond donors (Lipinski definition) is 0. The molecule has 0 saturated heterocycles. The molecule has 1 aliphatic heterocycles. The molecule has 0 N–H and O–H groups in total. The molecule has 1 unspecified atom stereocenters. The van der Waals surface area contributed by atoms with Crippen molar-refractivity contribution in [2.45, 2.75) is 19.3 Å². The molecule has 0 bridgehead atoms. The zero-order valence-electron chi connectivity index (χ0n) is 14.2. The van der Waals surface area contributed by atoms with Gasteiger partial charge in [-0.05, 0) is 52.7 Å². The van der Waals surface area contributed by atoms with Crippen LogP contribution in [0.25, 0.3) is 0 Å². The third-order valence-corrected chi connectivity index (χ3v) is 5.47. The Morgan fingerprint density at radius 1 is 1.04 bits per heavy atom. The number of amides is 4. The predicted octanol–water partition coefficient (Wildman–Crippen LogP) is 4.95. The minimum absolute atomic E-state index is 0.350. The summed E-state index contributed by atoms with van der Waals surface area (Å²) in [5, 5.41) is 6.61. The third-order valence-electron chi connectivity index (χ3n) is 5.47. The number of urea groups is 2. The maximum atomic E-state index is 11.5. The second-order valence-corrected chi connectivity index (χ2v) is 6.94. The van der Waals surface area contributed by atoms with Gasteiger partial charge in [-0.25, -0.2) is 14.5 Å². The van der Waals surface area contributed by atoms with E-state index in [1.165, 1.54) is 33.4 Å². The number of allylic oxidation sites excluding steroid dienone is 14. The second kappa shape index (κ2) is 5.73. The lowest BCUT2D eigenvalue weighted by atomic mass is 9.67. The molecule has 4 amide bonds. The van der Waals surface area contributed by atoms with Crippen molar-refractivity contribution < 1.29 is 9.59 Å². The number of hydrogen-bond acceptors (Lipinski definition) is 2. The highest BCUT2D eigenvalue weighted by molar-refractivity contribution is 5.98. The summed E-state index contributed by atoms with van der Waals surface area (Å²) in [4.78, 5) is 24.2. The van der Waals surface area contributed by atoms with Crippen LogP contribution in [0.1, 0.15) is 19.3 Å². The van der Waals surface area contributed by atoms with Crippen LogP contribution in [0.2, 0.25) is 0 Å². The van der Waals surface area contributed by atoms with Crippen molar-refractivity contribution >= 4 is 12.1 Å². The van der Waals surface area contributed by atoms with Crippen LogP contribution >= 0.6 is 0 Å². The summed E-state index contributed by atoms with van der Waals surface area (Å²) in [5.41, 5.74) is 8.07. The fourth-order valence-corrected chi connectivity index (χ4v) is 4.30. The number of carbonyl (C=O) groups excluding carboxylic acids is 2. The summed E-state index contributed by atoms with van der Waals surface area (Å²) >= 11 is 0. The summed E-state index contributed by atoms with van der Waals surface area (Å²) in [6.45, 7) is 0.352. The van der Waals surface area contributed by atoms with Gasteiger partial charge in [0.2, 0.25) is 0 Å². The summed E-state index contributed by atoms with van der Waals surface area (Å²) < 4.78 is 0. The minimum atomic E-state index is -0.556. The molecule has 5 aliphatic rings. The van der Waals surface area contributed by atoms with Crippen LogP contribution in [-0.4, -0.2) is 23.5 Å². The zero-order valence-corrected chi connectivity index (χ0v) is 14.2. The Morgan fingerprint density at radius 3 is 2.73 bits per heavy atom. The molecule has 0 aromatic heterocycles. The highest BCUT2D eigenvalue weighted by atomic mass is 16.2. The van der Waals surface area contributed by atoms with Crippen molar-refractivity contribution in [3.8, 4) is 0 Å². The van der Waals surface area contributed by atoms with E-state index in [0.717, 1.165) is 17.7 Å². The Hall–Kier alpha value is -3.08. The molecule has 0 aromatic rings. The fraction of sp³-hybridized carbons (Fsp3) is 0.238. The SMILES string of the molecule is O=C1N=NC(=O)N1CCCC1=CC2=CC=CC3=CC=C4CC=CC1=C4C32. The van der Waals surface area contributed by atoms with Gasteiger partial charge in [0.05, 0.1) is 0 Å². The average molecular weight is 343 g/mol. The molecule has 5 nitrogen and oxygen atoms in total. The average Bonchev–Trinajstić information content (AvgIpc) is 2.98. The highest BCUT2D eigenvalue weighted by Crippen LogP contribution is 2.49. The number of azo groups is 1. The first-order chi connectivity index (χ1) is 12.7. The fourth-order valence-electron chi connectivity index (χ4n) is 4.30. The van der Waals surface area contributed by atoms with Crippen molar-refractivity contribution in [1.82, 2.24) is 4.90 Å². The zero-order chi connectivity index (χ0) is 17.7. The maximum Gasteiger partial charge on any atom is 0.370 e. The molecule has 1 atom stereocenters. The summed E-state index contributed by atoms with van der Waals surface area (Å²) in [5.74, 6) is 0.350. The molecule has 0 radical (unpaired) electrons. The van der Waals surface area contributed by atoms with Gasteiger partial charge in [0.15, 0.2) is 0 Å². The number of nitrogens with zero attached hydrogens (tertiary/aromatic N) is 3. The maximum absolute atomic E-state index is 11.5. The van der Waals surface area contributed by atoms with Gasteiger partial charge < -0.3 is 0 Å². The van der Waals surface area contributed by atoms with E-state index in [1.54, 1.807) is 0 Å². The Morgan fingerprint density at radius 2 is 1.88 bits per heavy atom. The Bertz CT molecular complexity index is 965. The van der Waals surface area contributed by atoms with Crippen LogP contribution in [0.5, 0.6) is 0 Å². The largest absolute Gasteiger partial charge is 0.370 e. The van der Waals surface area contributed by atoms with E-state index in [2.05, 4.69) is 58.8 Å². The lowest BCUT2D eigenvalue weighted by Crippen LogP contribution is -2.29.